The van der Waals surface area contributed by atoms with Crippen LogP contribution >= 0.6 is 0 Å². The van der Waals surface area contributed by atoms with Crippen molar-refractivity contribution in [3.8, 4) is 0 Å². The number of nitrogens with one attached hydrogen (secondary N) is 2. The van der Waals surface area contributed by atoms with Crippen molar-refractivity contribution in [2.24, 2.45) is 0 Å². The van der Waals surface area contributed by atoms with Crippen molar-refractivity contribution in [1.82, 2.24) is 15.5 Å². The van der Waals surface area contributed by atoms with E-state index < -0.39 is 0 Å². The second-order valence-corrected chi connectivity index (χ2v) is 4.91. The fraction of sp³-hybridized carbons (Fsp3) is 0.917. The summed E-state index contributed by atoms with van der Waals surface area (Å²) in [5.74, 6) is 0. The van der Waals surface area contributed by atoms with Gasteiger partial charge in [-0.1, -0.05) is 0 Å². The SMILES string of the molecule is CNCC1CCCCN1C(=O)NC1CCOC1. The van der Waals surface area contributed by atoms with E-state index >= 15 is 0 Å². The van der Waals surface area contributed by atoms with Crippen molar-refractivity contribution in [2.45, 2.75) is 37.8 Å². The van der Waals surface area contributed by atoms with Crippen LogP contribution in [0.25, 0.3) is 0 Å². The Morgan fingerprint density at radius 2 is 2.29 bits per heavy atom. The lowest BCUT2D eigenvalue weighted by molar-refractivity contribution is 0.144. The topological polar surface area (TPSA) is 53.6 Å². The van der Waals surface area contributed by atoms with E-state index in [0.717, 1.165) is 39.0 Å². The standard InChI is InChI=1S/C12H23N3O2/c1-13-8-11-4-2-3-6-15(11)12(16)14-10-5-7-17-9-10/h10-11,13H,2-9H2,1H3,(H,14,16). The lowest BCUT2D eigenvalue weighted by Crippen LogP contribution is -2.53. The molecule has 0 aromatic rings. The second kappa shape index (κ2) is 6.21. The molecular formula is C12H23N3O2. The molecule has 0 spiro atoms. The number of piperidine rings is 1. The molecule has 0 aromatic heterocycles. The molecule has 2 unspecified atom stereocenters. The molecule has 0 saturated carbocycles. The molecule has 2 rings (SSSR count). The van der Waals surface area contributed by atoms with E-state index in [2.05, 4.69) is 10.6 Å². The number of carbonyl (C=O) groups is 1. The number of likely N-dealkylation sites (tertiary alicyclic amines) is 1. The molecule has 2 atom stereocenters. The summed E-state index contributed by atoms with van der Waals surface area (Å²) in [5.41, 5.74) is 0. The van der Waals surface area contributed by atoms with E-state index in [1.54, 1.807) is 0 Å². The highest BCUT2D eigenvalue weighted by Crippen LogP contribution is 2.17. The van der Waals surface area contributed by atoms with Crippen molar-refractivity contribution < 1.29 is 9.53 Å². The summed E-state index contributed by atoms with van der Waals surface area (Å²) in [4.78, 5) is 14.2. The zero-order chi connectivity index (χ0) is 12.1. The fourth-order valence-electron chi connectivity index (χ4n) is 2.62. The molecule has 5 heteroatoms. The summed E-state index contributed by atoms with van der Waals surface area (Å²) in [6.07, 6.45) is 4.39. The van der Waals surface area contributed by atoms with E-state index in [4.69, 9.17) is 4.74 Å². The largest absolute Gasteiger partial charge is 0.379 e. The number of nitrogens with zero attached hydrogens (tertiary/aromatic N) is 1. The van der Waals surface area contributed by atoms with Gasteiger partial charge in [0, 0.05) is 25.7 Å². The molecule has 2 N–H and O–H groups in total. The molecule has 0 radical (unpaired) electrons. The van der Waals surface area contributed by atoms with Crippen LogP contribution in [-0.2, 0) is 4.74 Å². The van der Waals surface area contributed by atoms with Crippen molar-refractivity contribution in [3.05, 3.63) is 0 Å². The zero-order valence-electron chi connectivity index (χ0n) is 10.6. The lowest BCUT2D eigenvalue weighted by Gasteiger charge is -2.36. The highest BCUT2D eigenvalue weighted by molar-refractivity contribution is 5.75. The van der Waals surface area contributed by atoms with Crippen LogP contribution in [-0.4, -0.2) is 56.4 Å². The predicted molar refractivity (Wildman–Crippen MR) is 66.0 cm³/mol. The van der Waals surface area contributed by atoms with Crippen LogP contribution in [0.15, 0.2) is 0 Å². The van der Waals surface area contributed by atoms with Crippen LogP contribution in [0.4, 0.5) is 4.79 Å². The van der Waals surface area contributed by atoms with Gasteiger partial charge in [-0.3, -0.25) is 0 Å². The maximum Gasteiger partial charge on any atom is 0.317 e. The Hall–Kier alpha value is -0.810. The Morgan fingerprint density at radius 3 is 3.00 bits per heavy atom. The maximum absolute atomic E-state index is 12.2. The maximum atomic E-state index is 12.2. The summed E-state index contributed by atoms with van der Waals surface area (Å²) in [5, 5.41) is 6.24. The first kappa shape index (κ1) is 12.6. The van der Waals surface area contributed by atoms with E-state index in [-0.39, 0.29) is 12.1 Å². The molecule has 2 saturated heterocycles. The first-order chi connectivity index (χ1) is 8.31. The van der Waals surface area contributed by atoms with Gasteiger partial charge < -0.3 is 20.3 Å². The average molecular weight is 241 g/mol. The summed E-state index contributed by atoms with van der Waals surface area (Å²) in [7, 11) is 1.94. The first-order valence-electron chi connectivity index (χ1n) is 6.60. The molecule has 2 aliphatic rings. The van der Waals surface area contributed by atoms with E-state index in [9.17, 15) is 4.79 Å². The number of hydrogen-bond donors (Lipinski definition) is 2. The van der Waals surface area contributed by atoms with E-state index in [0.29, 0.717) is 12.6 Å². The van der Waals surface area contributed by atoms with Crippen LogP contribution in [0.2, 0.25) is 0 Å². The summed E-state index contributed by atoms with van der Waals surface area (Å²) >= 11 is 0. The summed E-state index contributed by atoms with van der Waals surface area (Å²) in [6, 6.07) is 0.635. The quantitative estimate of drug-likeness (QED) is 0.759. The number of rotatable bonds is 3. The monoisotopic (exact) mass is 241 g/mol. The van der Waals surface area contributed by atoms with Crippen molar-refractivity contribution in [3.63, 3.8) is 0 Å². The molecule has 5 nitrogen and oxygen atoms in total. The molecule has 17 heavy (non-hydrogen) atoms. The Labute approximate surface area is 103 Å². The van der Waals surface area contributed by atoms with Gasteiger partial charge in [0.05, 0.1) is 12.6 Å². The molecule has 2 fully saturated rings. The van der Waals surface area contributed by atoms with Crippen molar-refractivity contribution in [1.29, 1.82) is 0 Å². The van der Waals surface area contributed by atoms with Crippen LogP contribution < -0.4 is 10.6 Å². The average Bonchev–Trinajstić information content (AvgIpc) is 2.83. The van der Waals surface area contributed by atoms with Crippen LogP contribution in [0.1, 0.15) is 25.7 Å². The molecule has 98 valence electrons. The molecule has 0 aliphatic carbocycles. The van der Waals surface area contributed by atoms with Crippen LogP contribution in [0.5, 0.6) is 0 Å². The third kappa shape index (κ3) is 3.33. The lowest BCUT2D eigenvalue weighted by atomic mass is 10.0. The number of ether oxygens (including phenoxy) is 1. The molecular weight excluding hydrogens is 218 g/mol. The molecule has 0 bridgehead atoms. The van der Waals surface area contributed by atoms with Gasteiger partial charge in [-0.05, 0) is 32.7 Å². The van der Waals surface area contributed by atoms with Gasteiger partial charge in [0.1, 0.15) is 0 Å². The summed E-state index contributed by atoms with van der Waals surface area (Å²) < 4.78 is 5.27. The number of carbonyl (C=O) groups excluding carboxylic acids is 1. The minimum atomic E-state index is 0.0838. The number of amides is 2. The third-order valence-electron chi connectivity index (χ3n) is 3.59. The Balaban J connectivity index is 1.86. The smallest absolute Gasteiger partial charge is 0.317 e. The van der Waals surface area contributed by atoms with Gasteiger partial charge in [0.2, 0.25) is 0 Å². The third-order valence-corrected chi connectivity index (χ3v) is 3.59. The second-order valence-electron chi connectivity index (χ2n) is 4.91. The van der Waals surface area contributed by atoms with E-state index in [1.165, 1.54) is 6.42 Å². The first-order valence-corrected chi connectivity index (χ1v) is 6.60. The van der Waals surface area contributed by atoms with Gasteiger partial charge in [-0.2, -0.15) is 0 Å². The fourth-order valence-corrected chi connectivity index (χ4v) is 2.62. The van der Waals surface area contributed by atoms with Gasteiger partial charge in [-0.25, -0.2) is 4.79 Å². The molecule has 2 amide bonds. The number of urea groups is 1. The van der Waals surface area contributed by atoms with Crippen molar-refractivity contribution >= 4 is 6.03 Å². The van der Waals surface area contributed by atoms with Crippen LogP contribution in [0, 0.1) is 0 Å². The number of hydrogen-bond acceptors (Lipinski definition) is 3. The minimum Gasteiger partial charge on any atom is -0.379 e. The highest BCUT2D eigenvalue weighted by atomic mass is 16.5. The Kier molecular flexibility index (Phi) is 4.62. The zero-order valence-corrected chi connectivity index (χ0v) is 10.6. The molecule has 0 aromatic carbocycles. The Morgan fingerprint density at radius 1 is 1.41 bits per heavy atom. The molecule has 2 heterocycles. The van der Waals surface area contributed by atoms with Gasteiger partial charge >= 0.3 is 6.03 Å². The summed E-state index contributed by atoms with van der Waals surface area (Å²) in [6.45, 7) is 3.20. The predicted octanol–water partition coefficient (Wildman–Crippen LogP) is 0.559. The van der Waals surface area contributed by atoms with Gasteiger partial charge in [-0.15, -0.1) is 0 Å². The minimum absolute atomic E-state index is 0.0838. The van der Waals surface area contributed by atoms with Gasteiger partial charge in [0.25, 0.3) is 0 Å². The van der Waals surface area contributed by atoms with Crippen LogP contribution in [0.3, 0.4) is 0 Å². The highest BCUT2D eigenvalue weighted by Gasteiger charge is 2.28. The normalized spacial score (nSPS) is 29.4. The molecule has 2 aliphatic heterocycles. The van der Waals surface area contributed by atoms with Crippen molar-refractivity contribution in [2.75, 3.05) is 33.4 Å². The van der Waals surface area contributed by atoms with E-state index in [1.807, 2.05) is 11.9 Å². The number of likely N-dealkylation sites (N-methyl/N-ethyl adjacent to an activating group) is 1. The van der Waals surface area contributed by atoms with Gasteiger partial charge in [0.15, 0.2) is 0 Å². The Bertz CT molecular complexity index is 252.